The number of ether oxygens (including phenoxy) is 1. The van der Waals surface area contributed by atoms with E-state index in [1.54, 1.807) is 30.3 Å². The summed E-state index contributed by atoms with van der Waals surface area (Å²) in [6.45, 7) is 1.96. The number of hydrogen-bond donors (Lipinski definition) is 1. The van der Waals surface area contributed by atoms with Gasteiger partial charge in [-0.25, -0.2) is 4.79 Å². The van der Waals surface area contributed by atoms with E-state index in [4.69, 9.17) is 20.8 Å². The molecule has 94 valence electrons. The standard InChI is InChI=1S/C13H12ClNO3/c1-9-7-10(14)4-5-12(9)15-13(16)18-8-11-3-2-6-17-11/h2-7H,8H2,1H3,(H,15,16). The van der Waals surface area contributed by atoms with Crippen molar-refractivity contribution in [3.63, 3.8) is 0 Å². The van der Waals surface area contributed by atoms with Crippen LogP contribution in [0.25, 0.3) is 0 Å². The molecule has 0 aliphatic heterocycles. The van der Waals surface area contributed by atoms with Gasteiger partial charge in [0.1, 0.15) is 5.76 Å². The van der Waals surface area contributed by atoms with Crippen LogP contribution in [0.15, 0.2) is 41.0 Å². The first kappa shape index (κ1) is 12.5. The molecule has 0 saturated heterocycles. The molecule has 0 radical (unpaired) electrons. The summed E-state index contributed by atoms with van der Waals surface area (Å²) in [5.74, 6) is 0.595. The number of amides is 1. The molecule has 1 aromatic carbocycles. The minimum Gasteiger partial charge on any atom is -0.466 e. The molecule has 0 spiro atoms. The van der Waals surface area contributed by atoms with Crippen LogP contribution >= 0.6 is 11.6 Å². The lowest BCUT2D eigenvalue weighted by atomic mass is 10.2. The molecular weight excluding hydrogens is 254 g/mol. The zero-order valence-electron chi connectivity index (χ0n) is 9.77. The van der Waals surface area contributed by atoms with Gasteiger partial charge in [0.05, 0.1) is 6.26 Å². The van der Waals surface area contributed by atoms with Crippen LogP contribution in [-0.2, 0) is 11.3 Å². The summed E-state index contributed by atoms with van der Waals surface area (Å²) >= 11 is 5.83. The number of hydrogen-bond acceptors (Lipinski definition) is 3. The van der Waals surface area contributed by atoms with Crippen molar-refractivity contribution in [3.8, 4) is 0 Å². The highest BCUT2D eigenvalue weighted by Gasteiger charge is 2.07. The number of aryl methyl sites for hydroxylation is 1. The molecule has 2 rings (SSSR count). The van der Waals surface area contributed by atoms with Crippen LogP contribution in [0.1, 0.15) is 11.3 Å². The lowest BCUT2D eigenvalue weighted by molar-refractivity contribution is 0.146. The van der Waals surface area contributed by atoms with Crippen LogP contribution in [-0.4, -0.2) is 6.09 Å². The molecule has 0 unspecified atom stereocenters. The second-order valence-electron chi connectivity index (χ2n) is 3.74. The van der Waals surface area contributed by atoms with E-state index in [2.05, 4.69) is 5.32 Å². The first-order valence-corrected chi connectivity index (χ1v) is 5.75. The van der Waals surface area contributed by atoms with Crippen LogP contribution in [0.5, 0.6) is 0 Å². The van der Waals surface area contributed by atoms with E-state index in [0.717, 1.165) is 5.56 Å². The van der Waals surface area contributed by atoms with E-state index in [9.17, 15) is 4.79 Å². The summed E-state index contributed by atoms with van der Waals surface area (Å²) in [6.07, 6.45) is 0.997. The van der Waals surface area contributed by atoms with Crippen LogP contribution in [0.3, 0.4) is 0 Å². The Morgan fingerprint density at radius 1 is 1.44 bits per heavy atom. The molecule has 0 atom stereocenters. The van der Waals surface area contributed by atoms with Crippen molar-refractivity contribution in [2.24, 2.45) is 0 Å². The van der Waals surface area contributed by atoms with Crippen LogP contribution in [0, 0.1) is 6.92 Å². The van der Waals surface area contributed by atoms with Gasteiger partial charge in [-0.2, -0.15) is 0 Å². The lowest BCUT2D eigenvalue weighted by Gasteiger charge is -2.08. The van der Waals surface area contributed by atoms with Gasteiger partial charge in [-0.05, 0) is 42.8 Å². The molecule has 5 heteroatoms. The van der Waals surface area contributed by atoms with E-state index in [1.165, 1.54) is 6.26 Å². The Bertz CT molecular complexity index is 537. The molecule has 4 nitrogen and oxygen atoms in total. The first-order valence-electron chi connectivity index (χ1n) is 5.37. The Labute approximate surface area is 110 Å². The molecule has 0 saturated carbocycles. The molecular formula is C13H12ClNO3. The molecule has 18 heavy (non-hydrogen) atoms. The van der Waals surface area contributed by atoms with Crippen molar-refractivity contribution in [1.29, 1.82) is 0 Å². The summed E-state index contributed by atoms with van der Waals surface area (Å²) in [7, 11) is 0. The zero-order chi connectivity index (χ0) is 13.0. The zero-order valence-corrected chi connectivity index (χ0v) is 10.5. The van der Waals surface area contributed by atoms with Gasteiger partial charge in [-0.1, -0.05) is 11.6 Å². The normalized spacial score (nSPS) is 10.1. The third-order valence-electron chi connectivity index (χ3n) is 2.35. The van der Waals surface area contributed by atoms with Gasteiger partial charge >= 0.3 is 6.09 Å². The monoisotopic (exact) mass is 265 g/mol. The minimum absolute atomic E-state index is 0.103. The summed E-state index contributed by atoms with van der Waals surface area (Å²) in [6, 6.07) is 8.67. The Balaban J connectivity index is 1.91. The maximum Gasteiger partial charge on any atom is 0.412 e. The summed E-state index contributed by atoms with van der Waals surface area (Å²) in [5, 5.41) is 3.27. The number of carbonyl (C=O) groups is 1. The number of halogens is 1. The van der Waals surface area contributed by atoms with Crippen molar-refractivity contribution >= 4 is 23.4 Å². The molecule has 1 N–H and O–H groups in total. The second-order valence-corrected chi connectivity index (χ2v) is 4.18. The molecule has 0 bridgehead atoms. The second kappa shape index (κ2) is 5.60. The Morgan fingerprint density at radius 3 is 2.94 bits per heavy atom. The number of carbonyl (C=O) groups excluding carboxylic acids is 1. The van der Waals surface area contributed by atoms with Gasteiger partial charge in [0.2, 0.25) is 0 Å². The van der Waals surface area contributed by atoms with Gasteiger partial charge in [-0.15, -0.1) is 0 Å². The topological polar surface area (TPSA) is 51.5 Å². The van der Waals surface area contributed by atoms with Gasteiger partial charge in [-0.3, -0.25) is 5.32 Å². The highest BCUT2D eigenvalue weighted by atomic mass is 35.5. The molecule has 2 aromatic rings. The van der Waals surface area contributed by atoms with Crippen LogP contribution in [0.4, 0.5) is 10.5 Å². The largest absolute Gasteiger partial charge is 0.466 e. The van der Waals surface area contributed by atoms with Crippen LogP contribution in [0.2, 0.25) is 5.02 Å². The number of rotatable bonds is 3. The van der Waals surface area contributed by atoms with Crippen LogP contribution < -0.4 is 5.32 Å². The van der Waals surface area contributed by atoms with E-state index < -0.39 is 6.09 Å². The molecule has 0 fully saturated rings. The minimum atomic E-state index is -0.531. The van der Waals surface area contributed by atoms with Crippen molar-refractivity contribution in [3.05, 3.63) is 52.9 Å². The molecule has 1 heterocycles. The fourth-order valence-corrected chi connectivity index (χ4v) is 1.67. The number of nitrogens with one attached hydrogen (secondary N) is 1. The van der Waals surface area contributed by atoms with E-state index in [0.29, 0.717) is 16.5 Å². The average Bonchev–Trinajstić information content (AvgIpc) is 2.83. The molecule has 1 aromatic heterocycles. The highest BCUT2D eigenvalue weighted by Crippen LogP contribution is 2.19. The fraction of sp³-hybridized carbons (Fsp3) is 0.154. The smallest absolute Gasteiger partial charge is 0.412 e. The van der Waals surface area contributed by atoms with E-state index in [1.807, 2.05) is 6.92 Å². The SMILES string of the molecule is Cc1cc(Cl)ccc1NC(=O)OCc1ccco1. The van der Waals surface area contributed by atoms with Crippen molar-refractivity contribution in [1.82, 2.24) is 0 Å². The first-order chi connectivity index (χ1) is 8.65. The average molecular weight is 266 g/mol. The predicted octanol–water partition coefficient (Wildman–Crippen LogP) is 3.99. The van der Waals surface area contributed by atoms with Gasteiger partial charge < -0.3 is 9.15 Å². The predicted molar refractivity (Wildman–Crippen MR) is 68.7 cm³/mol. The van der Waals surface area contributed by atoms with E-state index >= 15 is 0 Å². The fourth-order valence-electron chi connectivity index (χ4n) is 1.44. The lowest BCUT2D eigenvalue weighted by Crippen LogP contribution is -2.14. The van der Waals surface area contributed by atoms with Crippen molar-refractivity contribution in [2.75, 3.05) is 5.32 Å². The molecule has 0 aliphatic carbocycles. The third kappa shape index (κ3) is 3.28. The maximum absolute atomic E-state index is 11.5. The van der Waals surface area contributed by atoms with Gasteiger partial charge in [0.25, 0.3) is 0 Å². The molecule has 1 amide bonds. The van der Waals surface area contributed by atoms with Crippen molar-refractivity contribution in [2.45, 2.75) is 13.5 Å². The number of furan rings is 1. The number of benzene rings is 1. The van der Waals surface area contributed by atoms with Crippen molar-refractivity contribution < 1.29 is 13.9 Å². The quantitative estimate of drug-likeness (QED) is 0.913. The summed E-state index contributed by atoms with van der Waals surface area (Å²) < 4.78 is 10.0. The van der Waals surface area contributed by atoms with Gasteiger partial charge in [0.15, 0.2) is 6.61 Å². The van der Waals surface area contributed by atoms with E-state index in [-0.39, 0.29) is 6.61 Å². The summed E-state index contributed by atoms with van der Waals surface area (Å²) in [4.78, 5) is 11.5. The van der Waals surface area contributed by atoms with Gasteiger partial charge in [0, 0.05) is 10.7 Å². The Hall–Kier alpha value is -1.94. The summed E-state index contributed by atoms with van der Waals surface area (Å²) in [5.41, 5.74) is 1.54. The molecule has 0 aliphatic rings. The highest BCUT2D eigenvalue weighted by molar-refractivity contribution is 6.30. The number of anilines is 1. The Morgan fingerprint density at radius 2 is 2.28 bits per heavy atom. The Kier molecular flexibility index (Phi) is 3.89. The maximum atomic E-state index is 11.5. The third-order valence-corrected chi connectivity index (χ3v) is 2.59.